The predicted octanol–water partition coefficient (Wildman–Crippen LogP) is 3.42. The first-order chi connectivity index (χ1) is 13.7. The molecule has 3 unspecified atom stereocenters. The highest BCUT2D eigenvalue weighted by Gasteiger charge is 2.38. The van der Waals surface area contributed by atoms with E-state index < -0.39 is 10.8 Å². The van der Waals surface area contributed by atoms with Gasteiger partial charge in [0.1, 0.15) is 0 Å². The molecule has 6 heteroatoms. The normalized spacial score (nSPS) is 30.6. The first-order valence-electron chi connectivity index (χ1n) is 11.8. The third kappa shape index (κ3) is 5.71. The van der Waals surface area contributed by atoms with Crippen LogP contribution in [0.5, 0.6) is 0 Å². The molecular formula is C22H42N4OS. The number of aliphatic imine (C=N–C) groups is 1. The SMILES string of the molecule is CCS(=O)C1CCCC(NC(=NC)NCC2(N3CCCCC3)CCCCC2)C1. The Kier molecular flexibility index (Phi) is 8.64. The van der Waals surface area contributed by atoms with Crippen molar-refractivity contribution < 1.29 is 4.21 Å². The van der Waals surface area contributed by atoms with Crippen LogP contribution in [0.15, 0.2) is 4.99 Å². The van der Waals surface area contributed by atoms with Gasteiger partial charge in [0.15, 0.2) is 5.96 Å². The summed E-state index contributed by atoms with van der Waals surface area (Å²) < 4.78 is 12.2. The van der Waals surface area contributed by atoms with E-state index in [9.17, 15) is 4.21 Å². The molecule has 1 heterocycles. The number of piperidine rings is 1. The van der Waals surface area contributed by atoms with Gasteiger partial charge in [0.05, 0.1) is 0 Å². The minimum atomic E-state index is -0.676. The summed E-state index contributed by atoms with van der Waals surface area (Å²) in [4.78, 5) is 7.32. The molecule has 0 amide bonds. The average molecular weight is 411 g/mol. The molecule has 1 saturated heterocycles. The Bertz CT molecular complexity index is 527. The number of hydrogen-bond donors (Lipinski definition) is 2. The zero-order valence-electron chi connectivity index (χ0n) is 18.2. The summed E-state index contributed by atoms with van der Waals surface area (Å²) in [6, 6.07) is 0.401. The molecule has 0 bridgehead atoms. The molecule has 2 N–H and O–H groups in total. The van der Waals surface area contributed by atoms with E-state index in [1.165, 1.54) is 70.9 Å². The minimum Gasteiger partial charge on any atom is -0.355 e. The molecule has 1 aliphatic heterocycles. The molecule has 0 aromatic rings. The third-order valence-corrected chi connectivity index (χ3v) is 8.98. The number of likely N-dealkylation sites (tertiary alicyclic amines) is 1. The van der Waals surface area contributed by atoms with Crippen molar-refractivity contribution in [3.8, 4) is 0 Å². The molecule has 3 atom stereocenters. The van der Waals surface area contributed by atoms with E-state index in [-0.39, 0.29) is 0 Å². The standard InChI is InChI=1S/C22H42N4OS/c1-3-28(27)20-12-10-11-19(17-20)25-21(23-2)24-18-22(13-6-4-7-14-22)26-15-8-5-9-16-26/h19-20H,3-18H2,1-2H3,(H2,23,24,25). The van der Waals surface area contributed by atoms with Crippen LogP contribution >= 0.6 is 0 Å². The monoisotopic (exact) mass is 410 g/mol. The predicted molar refractivity (Wildman–Crippen MR) is 120 cm³/mol. The summed E-state index contributed by atoms with van der Waals surface area (Å²) >= 11 is 0. The van der Waals surface area contributed by atoms with Gasteiger partial charge in [-0.2, -0.15) is 0 Å². The molecule has 28 heavy (non-hydrogen) atoms. The average Bonchev–Trinajstić information content (AvgIpc) is 2.77. The molecule has 2 saturated carbocycles. The van der Waals surface area contributed by atoms with Gasteiger partial charge in [-0.25, -0.2) is 0 Å². The van der Waals surface area contributed by atoms with Crippen molar-refractivity contribution in [2.45, 2.75) is 101 Å². The molecular weight excluding hydrogens is 368 g/mol. The van der Waals surface area contributed by atoms with Crippen molar-refractivity contribution in [3.63, 3.8) is 0 Å². The van der Waals surface area contributed by atoms with Gasteiger partial charge in [-0.3, -0.25) is 14.1 Å². The van der Waals surface area contributed by atoms with E-state index in [4.69, 9.17) is 0 Å². The number of rotatable bonds is 6. The summed E-state index contributed by atoms with van der Waals surface area (Å²) in [7, 11) is 1.21. The van der Waals surface area contributed by atoms with Gasteiger partial charge in [0, 0.05) is 47.0 Å². The lowest BCUT2D eigenvalue weighted by Gasteiger charge is -2.48. The van der Waals surface area contributed by atoms with E-state index in [1.54, 1.807) is 0 Å². The van der Waals surface area contributed by atoms with Crippen LogP contribution in [-0.2, 0) is 10.8 Å². The van der Waals surface area contributed by atoms with Crippen LogP contribution in [-0.4, -0.2) is 64.3 Å². The zero-order chi connectivity index (χ0) is 19.8. The molecule has 0 radical (unpaired) electrons. The van der Waals surface area contributed by atoms with E-state index in [0.29, 0.717) is 16.8 Å². The Morgan fingerprint density at radius 2 is 1.79 bits per heavy atom. The fourth-order valence-corrected chi connectivity index (χ4v) is 6.92. The second-order valence-electron chi connectivity index (χ2n) is 9.06. The lowest BCUT2D eigenvalue weighted by atomic mass is 9.79. The van der Waals surface area contributed by atoms with Crippen molar-refractivity contribution in [2.24, 2.45) is 4.99 Å². The third-order valence-electron chi connectivity index (χ3n) is 7.24. The molecule has 2 aliphatic carbocycles. The van der Waals surface area contributed by atoms with Gasteiger partial charge < -0.3 is 10.6 Å². The molecule has 5 nitrogen and oxygen atoms in total. The molecule has 3 fully saturated rings. The summed E-state index contributed by atoms with van der Waals surface area (Å²) in [6.07, 6.45) is 15.3. The number of nitrogens with one attached hydrogen (secondary N) is 2. The summed E-state index contributed by atoms with van der Waals surface area (Å²) in [6.45, 7) is 5.57. The van der Waals surface area contributed by atoms with E-state index in [0.717, 1.165) is 37.5 Å². The Morgan fingerprint density at radius 3 is 2.46 bits per heavy atom. The van der Waals surface area contributed by atoms with Gasteiger partial charge in [-0.1, -0.05) is 39.0 Å². The van der Waals surface area contributed by atoms with Gasteiger partial charge in [0.25, 0.3) is 0 Å². The van der Waals surface area contributed by atoms with E-state index >= 15 is 0 Å². The molecule has 3 rings (SSSR count). The molecule has 0 aromatic heterocycles. The Hall–Kier alpha value is -0.620. The van der Waals surface area contributed by atoms with Crippen LogP contribution in [0.2, 0.25) is 0 Å². The fourth-order valence-electron chi connectivity index (χ4n) is 5.57. The maximum Gasteiger partial charge on any atom is 0.191 e. The maximum absolute atomic E-state index is 12.2. The largest absolute Gasteiger partial charge is 0.355 e. The van der Waals surface area contributed by atoms with Crippen LogP contribution in [0, 0.1) is 0 Å². The minimum absolute atomic E-state index is 0.315. The van der Waals surface area contributed by atoms with Crippen molar-refractivity contribution in [2.75, 3.05) is 32.4 Å². The topological polar surface area (TPSA) is 56.7 Å². The number of nitrogens with zero attached hydrogens (tertiary/aromatic N) is 2. The second kappa shape index (κ2) is 11.0. The van der Waals surface area contributed by atoms with E-state index in [1.807, 2.05) is 14.0 Å². The number of guanidine groups is 1. The smallest absolute Gasteiger partial charge is 0.191 e. The number of hydrogen-bond acceptors (Lipinski definition) is 3. The maximum atomic E-state index is 12.2. The lowest BCUT2D eigenvalue weighted by molar-refractivity contribution is 0.0368. The lowest BCUT2D eigenvalue weighted by Crippen LogP contribution is -2.59. The van der Waals surface area contributed by atoms with Crippen molar-refractivity contribution in [1.82, 2.24) is 15.5 Å². The van der Waals surface area contributed by atoms with Crippen LogP contribution < -0.4 is 10.6 Å². The highest BCUT2D eigenvalue weighted by molar-refractivity contribution is 7.85. The van der Waals surface area contributed by atoms with Crippen LogP contribution in [0.4, 0.5) is 0 Å². The quantitative estimate of drug-likeness (QED) is 0.520. The molecule has 0 spiro atoms. The fraction of sp³-hybridized carbons (Fsp3) is 0.955. The summed E-state index contributed by atoms with van der Waals surface area (Å²) in [5.41, 5.74) is 0.315. The van der Waals surface area contributed by atoms with Crippen molar-refractivity contribution in [3.05, 3.63) is 0 Å². The Morgan fingerprint density at radius 1 is 1.07 bits per heavy atom. The Labute approximate surface area is 175 Å². The van der Waals surface area contributed by atoms with Crippen LogP contribution in [0.3, 0.4) is 0 Å². The summed E-state index contributed by atoms with van der Waals surface area (Å²) in [5.74, 6) is 1.72. The van der Waals surface area contributed by atoms with E-state index in [2.05, 4.69) is 20.5 Å². The van der Waals surface area contributed by atoms with Gasteiger partial charge in [-0.15, -0.1) is 0 Å². The Balaban J connectivity index is 1.56. The molecule has 3 aliphatic rings. The van der Waals surface area contributed by atoms with Gasteiger partial charge >= 0.3 is 0 Å². The summed E-state index contributed by atoms with van der Waals surface area (Å²) in [5, 5.41) is 7.72. The van der Waals surface area contributed by atoms with Crippen LogP contribution in [0.25, 0.3) is 0 Å². The van der Waals surface area contributed by atoms with Gasteiger partial charge in [0.2, 0.25) is 0 Å². The first-order valence-corrected chi connectivity index (χ1v) is 13.1. The highest BCUT2D eigenvalue weighted by Crippen LogP contribution is 2.35. The van der Waals surface area contributed by atoms with Crippen molar-refractivity contribution >= 4 is 16.8 Å². The van der Waals surface area contributed by atoms with Crippen LogP contribution in [0.1, 0.15) is 84.0 Å². The highest BCUT2D eigenvalue weighted by atomic mass is 32.2. The zero-order valence-corrected chi connectivity index (χ0v) is 19.0. The second-order valence-corrected chi connectivity index (χ2v) is 11.1. The van der Waals surface area contributed by atoms with Crippen molar-refractivity contribution in [1.29, 1.82) is 0 Å². The molecule has 0 aromatic carbocycles. The van der Waals surface area contributed by atoms with Gasteiger partial charge in [-0.05, 0) is 58.0 Å². The first kappa shape index (κ1) is 22.1. The molecule has 162 valence electrons.